The van der Waals surface area contributed by atoms with E-state index in [0.29, 0.717) is 25.8 Å². The number of ether oxygens (including phenoxy) is 1. The molecule has 13 heavy (non-hydrogen) atoms. The lowest BCUT2D eigenvalue weighted by Crippen LogP contribution is -2.34. The zero-order chi connectivity index (χ0) is 10.3. The highest BCUT2D eigenvalue weighted by molar-refractivity contribution is 5.77. The molecule has 0 aromatic rings. The second kappa shape index (κ2) is 7.00. The number of hydrogen-bond donors (Lipinski definition) is 2. The Labute approximate surface area is 79.8 Å². The van der Waals surface area contributed by atoms with E-state index in [9.17, 15) is 4.79 Å². The van der Waals surface area contributed by atoms with Crippen LogP contribution in [0.3, 0.4) is 0 Å². The average Bonchev–Trinajstić information content (AvgIpc) is 2.02. The third-order valence-corrected chi connectivity index (χ3v) is 1.74. The molecule has 0 saturated heterocycles. The molecule has 4 nitrogen and oxygen atoms in total. The van der Waals surface area contributed by atoms with Crippen molar-refractivity contribution in [3.8, 4) is 0 Å². The third-order valence-electron chi connectivity index (χ3n) is 1.74. The maximum atomic E-state index is 10.5. The number of hydrogen-bond acceptors (Lipinski definition) is 4. The molecule has 4 heteroatoms. The van der Waals surface area contributed by atoms with Crippen LogP contribution in [-0.2, 0) is 9.53 Å². The lowest BCUT2D eigenvalue weighted by molar-refractivity contribution is -0.116. The van der Waals surface area contributed by atoms with Crippen LogP contribution < -0.4 is 11.1 Å². The summed E-state index contributed by atoms with van der Waals surface area (Å²) in [6, 6.07) is 0.0686. The highest BCUT2D eigenvalue weighted by Gasteiger charge is 2.06. The number of nitrogens with two attached hydrogens (primary N) is 1. The molecule has 78 valence electrons. The lowest BCUT2D eigenvalue weighted by atomic mass is 10.1. The molecule has 3 N–H and O–H groups in total. The summed E-state index contributed by atoms with van der Waals surface area (Å²) >= 11 is 0. The van der Waals surface area contributed by atoms with E-state index in [1.807, 2.05) is 0 Å². The number of carbonyl (C=O) groups excluding carboxylic acids is 1. The number of Topliss-reactive ketones (excluding diaryl/α,β-unsaturated/α-hetero) is 1. The minimum absolute atomic E-state index is 0.0686. The molecule has 0 radical (unpaired) electrons. The minimum Gasteiger partial charge on any atom is -0.365 e. The topological polar surface area (TPSA) is 64.3 Å². The van der Waals surface area contributed by atoms with Crippen LogP contribution in [0.4, 0.5) is 0 Å². The fraction of sp³-hybridized carbons (Fsp3) is 0.889. The highest BCUT2D eigenvalue weighted by Crippen LogP contribution is 1.97. The van der Waals surface area contributed by atoms with Gasteiger partial charge >= 0.3 is 0 Å². The quantitative estimate of drug-likeness (QED) is 0.440. The first-order valence-electron chi connectivity index (χ1n) is 4.57. The molecule has 0 heterocycles. The van der Waals surface area contributed by atoms with Gasteiger partial charge in [-0.3, -0.25) is 10.1 Å². The molecule has 0 rings (SSSR count). The van der Waals surface area contributed by atoms with Crippen LogP contribution in [0.25, 0.3) is 0 Å². The number of rotatable bonds is 7. The molecule has 0 spiro atoms. The summed E-state index contributed by atoms with van der Waals surface area (Å²) in [7, 11) is 0. The van der Waals surface area contributed by atoms with Gasteiger partial charge in [0.05, 0.1) is 19.9 Å². The number of carbonyl (C=O) groups is 1. The van der Waals surface area contributed by atoms with E-state index in [4.69, 9.17) is 10.5 Å². The molecule has 1 atom stereocenters. The van der Waals surface area contributed by atoms with Crippen molar-refractivity contribution >= 4 is 5.78 Å². The summed E-state index contributed by atoms with van der Waals surface area (Å²) < 4.78 is 5.22. The highest BCUT2D eigenvalue weighted by atomic mass is 16.5. The van der Waals surface area contributed by atoms with E-state index in [-0.39, 0.29) is 11.8 Å². The van der Waals surface area contributed by atoms with Crippen LogP contribution in [-0.4, -0.2) is 31.7 Å². The van der Waals surface area contributed by atoms with E-state index in [0.717, 1.165) is 0 Å². The van der Waals surface area contributed by atoms with Gasteiger partial charge in [0, 0.05) is 6.04 Å². The fourth-order valence-electron chi connectivity index (χ4n) is 0.687. The summed E-state index contributed by atoms with van der Waals surface area (Å²) in [5.74, 6) is 0.532. The first kappa shape index (κ1) is 12.6. The third kappa shape index (κ3) is 7.90. The Balaban J connectivity index is 3.21. The largest absolute Gasteiger partial charge is 0.365 e. The van der Waals surface area contributed by atoms with Crippen molar-refractivity contribution < 1.29 is 9.53 Å². The summed E-state index contributed by atoms with van der Waals surface area (Å²) in [5, 5.41) is 2.85. The maximum Gasteiger partial charge on any atom is 0.143 e. The van der Waals surface area contributed by atoms with E-state index >= 15 is 0 Å². The van der Waals surface area contributed by atoms with Crippen LogP contribution in [0.5, 0.6) is 0 Å². The van der Waals surface area contributed by atoms with Crippen LogP contribution in [0.15, 0.2) is 0 Å². The molecule has 0 fully saturated rings. The Hall–Kier alpha value is -0.450. The van der Waals surface area contributed by atoms with Gasteiger partial charge in [0.1, 0.15) is 5.78 Å². The Kier molecular flexibility index (Phi) is 6.76. The summed E-state index contributed by atoms with van der Waals surface area (Å²) in [6.45, 7) is 6.92. The van der Waals surface area contributed by atoms with Gasteiger partial charge in [-0.2, -0.15) is 0 Å². The normalized spacial score (nSPS) is 13.3. The molecule has 0 aliphatic heterocycles. The van der Waals surface area contributed by atoms with Crippen LogP contribution >= 0.6 is 0 Å². The van der Waals surface area contributed by atoms with Crippen LogP contribution in [0.2, 0.25) is 0 Å². The molecule has 0 aromatic heterocycles. The summed E-state index contributed by atoms with van der Waals surface area (Å²) in [4.78, 5) is 10.5. The SMILES string of the molecule is CC(=O)CNCOC[C@@H](N)C(C)C. The average molecular weight is 188 g/mol. The van der Waals surface area contributed by atoms with Crippen molar-refractivity contribution in [1.29, 1.82) is 0 Å². The summed E-state index contributed by atoms with van der Waals surface area (Å²) in [6.07, 6.45) is 0. The van der Waals surface area contributed by atoms with Gasteiger partial charge < -0.3 is 10.5 Å². The minimum atomic E-state index is 0.0686. The molecule has 0 saturated carbocycles. The first-order valence-corrected chi connectivity index (χ1v) is 4.57. The first-order chi connectivity index (χ1) is 6.04. The molecule has 0 unspecified atom stereocenters. The van der Waals surface area contributed by atoms with Crippen molar-refractivity contribution in [2.45, 2.75) is 26.8 Å². The van der Waals surface area contributed by atoms with Crippen molar-refractivity contribution in [3.63, 3.8) is 0 Å². The Morgan fingerprint density at radius 1 is 1.54 bits per heavy atom. The maximum absolute atomic E-state index is 10.5. The van der Waals surface area contributed by atoms with E-state index < -0.39 is 0 Å². The monoisotopic (exact) mass is 188 g/mol. The number of nitrogens with one attached hydrogen (secondary N) is 1. The molecule has 0 aliphatic carbocycles. The molecule has 0 bridgehead atoms. The van der Waals surface area contributed by atoms with Gasteiger partial charge in [-0.15, -0.1) is 0 Å². The molecule has 0 aliphatic rings. The standard InChI is InChI=1S/C9H20N2O2/c1-7(2)9(10)5-13-6-11-4-8(3)12/h7,9,11H,4-6,10H2,1-3H3/t9-/m1/s1. The predicted octanol–water partition coefficient (Wildman–Crippen LogP) is 0.122. The van der Waals surface area contributed by atoms with Gasteiger partial charge in [-0.05, 0) is 12.8 Å². The number of ketones is 1. The van der Waals surface area contributed by atoms with Crippen LogP contribution in [0, 0.1) is 5.92 Å². The molecular formula is C9H20N2O2. The van der Waals surface area contributed by atoms with E-state index in [1.165, 1.54) is 6.92 Å². The predicted molar refractivity (Wildman–Crippen MR) is 52.3 cm³/mol. The fourth-order valence-corrected chi connectivity index (χ4v) is 0.687. The lowest BCUT2D eigenvalue weighted by Gasteiger charge is -2.15. The van der Waals surface area contributed by atoms with Gasteiger partial charge in [0.2, 0.25) is 0 Å². The molecule has 0 aromatic carbocycles. The van der Waals surface area contributed by atoms with Crippen molar-refractivity contribution in [2.24, 2.45) is 11.7 Å². The molecular weight excluding hydrogens is 168 g/mol. The Morgan fingerprint density at radius 2 is 2.15 bits per heavy atom. The second-order valence-corrected chi connectivity index (χ2v) is 3.55. The van der Waals surface area contributed by atoms with Gasteiger partial charge in [-0.1, -0.05) is 13.8 Å². The second-order valence-electron chi connectivity index (χ2n) is 3.55. The van der Waals surface area contributed by atoms with Gasteiger partial charge in [-0.25, -0.2) is 0 Å². The zero-order valence-electron chi connectivity index (χ0n) is 8.67. The zero-order valence-corrected chi connectivity index (χ0v) is 8.67. The molecule has 0 amide bonds. The van der Waals surface area contributed by atoms with Gasteiger partial charge in [0.25, 0.3) is 0 Å². The van der Waals surface area contributed by atoms with Gasteiger partial charge in [0.15, 0.2) is 0 Å². The Morgan fingerprint density at radius 3 is 2.62 bits per heavy atom. The van der Waals surface area contributed by atoms with E-state index in [2.05, 4.69) is 19.2 Å². The van der Waals surface area contributed by atoms with Crippen molar-refractivity contribution in [3.05, 3.63) is 0 Å². The summed E-state index contributed by atoms with van der Waals surface area (Å²) in [5.41, 5.74) is 5.74. The Bertz CT molecular complexity index is 149. The van der Waals surface area contributed by atoms with Crippen molar-refractivity contribution in [2.75, 3.05) is 19.9 Å². The van der Waals surface area contributed by atoms with Crippen LogP contribution in [0.1, 0.15) is 20.8 Å². The van der Waals surface area contributed by atoms with E-state index in [1.54, 1.807) is 0 Å². The van der Waals surface area contributed by atoms with Crippen molar-refractivity contribution in [1.82, 2.24) is 5.32 Å². The smallest absolute Gasteiger partial charge is 0.143 e.